The maximum Gasteiger partial charge on any atom is 0.256 e. The Morgan fingerprint density at radius 1 is 0.964 bits per heavy atom. The van der Waals surface area contributed by atoms with Crippen LogP contribution in [0.15, 0.2) is 71.1 Å². The first-order valence-electron chi connectivity index (χ1n) is 8.59. The molecule has 0 fully saturated rings. The number of hydrogen-bond donors (Lipinski definition) is 1. The molecule has 1 heterocycles. The van der Waals surface area contributed by atoms with Crippen LogP contribution in [0.3, 0.4) is 0 Å². The third kappa shape index (κ3) is 3.40. The van der Waals surface area contributed by atoms with Crippen molar-refractivity contribution in [2.75, 3.05) is 5.32 Å². The van der Waals surface area contributed by atoms with Crippen molar-refractivity contribution in [1.29, 1.82) is 0 Å². The molecular weight excluding hydrogens is 359 g/mol. The summed E-state index contributed by atoms with van der Waals surface area (Å²) in [5.74, 6) is -0.672. The van der Waals surface area contributed by atoms with Gasteiger partial charge in [0.1, 0.15) is 11.3 Å². The molecule has 0 saturated carbocycles. The van der Waals surface area contributed by atoms with Crippen LogP contribution in [0.1, 0.15) is 32.2 Å². The van der Waals surface area contributed by atoms with Crippen molar-refractivity contribution in [3.63, 3.8) is 0 Å². The molecule has 6 heteroatoms. The van der Waals surface area contributed by atoms with E-state index in [4.69, 9.17) is 4.42 Å². The predicted molar refractivity (Wildman–Crippen MR) is 103 cm³/mol. The highest BCUT2D eigenvalue weighted by Crippen LogP contribution is 2.21. The molecule has 0 saturated heterocycles. The first-order chi connectivity index (χ1) is 13.5. The largest absolute Gasteiger partial charge is 0.441 e. The summed E-state index contributed by atoms with van der Waals surface area (Å²) < 4.78 is 18.6. The lowest BCUT2D eigenvalue weighted by Gasteiger charge is -2.10. The van der Waals surface area contributed by atoms with E-state index in [1.807, 2.05) is 0 Å². The zero-order valence-electron chi connectivity index (χ0n) is 14.9. The number of amides is 1. The Morgan fingerprint density at radius 3 is 2.43 bits per heavy atom. The van der Waals surface area contributed by atoms with Gasteiger partial charge >= 0.3 is 0 Å². The van der Waals surface area contributed by atoms with E-state index in [1.165, 1.54) is 24.3 Å². The number of carbonyl (C=O) groups is 2. The Hall–Kier alpha value is -3.80. The van der Waals surface area contributed by atoms with Crippen LogP contribution in [0, 0.1) is 12.7 Å². The van der Waals surface area contributed by atoms with E-state index >= 15 is 0 Å². The Kier molecular flexibility index (Phi) is 4.45. The molecule has 1 amide bonds. The number of nitrogens with zero attached hydrogens (tertiary/aromatic N) is 1. The molecule has 0 atom stereocenters. The van der Waals surface area contributed by atoms with Gasteiger partial charge in [0.25, 0.3) is 5.91 Å². The summed E-state index contributed by atoms with van der Waals surface area (Å²) in [5, 5.41) is 2.78. The average Bonchev–Trinajstić information content (AvgIpc) is 3.07. The predicted octanol–water partition coefficient (Wildman–Crippen LogP) is 4.76. The monoisotopic (exact) mass is 374 g/mol. The molecule has 1 aromatic heterocycles. The van der Waals surface area contributed by atoms with Crippen molar-refractivity contribution in [3.8, 4) is 0 Å². The number of benzene rings is 3. The van der Waals surface area contributed by atoms with Crippen molar-refractivity contribution >= 4 is 28.5 Å². The first-order valence-corrected chi connectivity index (χ1v) is 8.59. The molecule has 4 aromatic rings. The molecule has 4 rings (SSSR count). The van der Waals surface area contributed by atoms with Crippen molar-refractivity contribution < 1.29 is 18.4 Å². The standard InChI is InChI=1S/C22H15FN2O3/c1-13-24-19-12-16(10-11-20(19)28-13)25-22(27)18-5-3-2-4-17(18)21(26)14-6-8-15(23)9-7-14/h2-12H,1H3,(H,25,27). The van der Waals surface area contributed by atoms with Crippen molar-refractivity contribution in [2.45, 2.75) is 6.92 Å². The van der Waals surface area contributed by atoms with E-state index in [-0.39, 0.29) is 16.9 Å². The summed E-state index contributed by atoms with van der Waals surface area (Å²) in [6.07, 6.45) is 0. The first kappa shape index (κ1) is 17.6. The van der Waals surface area contributed by atoms with Crippen LogP contribution in [0.4, 0.5) is 10.1 Å². The fourth-order valence-corrected chi connectivity index (χ4v) is 2.95. The molecule has 0 aliphatic carbocycles. The van der Waals surface area contributed by atoms with E-state index in [1.54, 1.807) is 49.4 Å². The molecule has 0 bridgehead atoms. The Morgan fingerprint density at radius 2 is 1.68 bits per heavy atom. The van der Waals surface area contributed by atoms with Crippen LogP contribution in [0.5, 0.6) is 0 Å². The summed E-state index contributed by atoms with van der Waals surface area (Å²) in [6.45, 7) is 1.75. The van der Waals surface area contributed by atoms with Gasteiger partial charge in [-0.2, -0.15) is 0 Å². The maximum absolute atomic E-state index is 13.1. The SMILES string of the molecule is Cc1nc2cc(NC(=O)c3ccccc3C(=O)c3ccc(F)cc3)ccc2o1. The lowest BCUT2D eigenvalue weighted by Crippen LogP contribution is -2.17. The van der Waals surface area contributed by atoms with Crippen molar-refractivity contribution in [1.82, 2.24) is 4.98 Å². The highest BCUT2D eigenvalue weighted by atomic mass is 19.1. The maximum atomic E-state index is 13.1. The highest BCUT2D eigenvalue weighted by Gasteiger charge is 2.18. The van der Waals surface area contributed by atoms with E-state index in [0.29, 0.717) is 28.2 Å². The Bertz CT molecular complexity index is 1200. The molecule has 5 nitrogen and oxygen atoms in total. The van der Waals surface area contributed by atoms with Gasteiger partial charge < -0.3 is 9.73 Å². The lowest BCUT2D eigenvalue weighted by atomic mass is 9.98. The summed E-state index contributed by atoms with van der Waals surface area (Å²) in [4.78, 5) is 29.8. The Balaban J connectivity index is 1.63. The normalized spacial score (nSPS) is 10.8. The third-order valence-electron chi connectivity index (χ3n) is 4.28. The molecular formula is C22H15FN2O3. The minimum atomic E-state index is -0.430. The summed E-state index contributed by atoms with van der Waals surface area (Å²) in [5.41, 5.74) is 2.57. The minimum absolute atomic E-state index is 0.230. The number of hydrogen-bond acceptors (Lipinski definition) is 4. The topological polar surface area (TPSA) is 72.2 Å². The van der Waals surface area contributed by atoms with Crippen LogP contribution in [0.2, 0.25) is 0 Å². The van der Waals surface area contributed by atoms with E-state index in [9.17, 15) is 14.0 Å². The van der Waals surface area contributed by atoms with Crippen molar-refractivity contribution in [3.05, 3.63) is 95.1 Å². The van der Waals surface area contributed by atoms with Crippen LogP contribution < -0.4 is 5.32 Å². The Labute approximate surface area is 159 Å². The molecule has 1 N–H and O–H groups in total. The summed E-state index contributed by atoms with van der Waals surface area (Å²) >= 11 is 0. The lowest BCUT2D eigenvalue weighted by molar-refractivity contribution is 0.0996. The average molecular weight is 374 g/mol. The number of halogens is 1. The van der Waals surface area contributed by atoms with E-state index < -0.39 is 11.7 Å². The van der Waals surface area contributed by atoms with Gasteiger partial charge in [-0.15, -0.1) is 0 Å². The summed E-state index contributed by atoms with van der Waals surface area (Å²) in [6, 6.07) is 16.9. The van der Waals surface area contributed by atoms with E-state index in [2.05, 4.69) is 10.3 Å². The number of fused-ring (bicyclic) bond motifs is 1. The second-order valence-corrected chi connectivity index (χ2v) is 6.25. The molecule has 28 heavy (non-hydrogen) atoms. The second-order valence-electron chi connectivity index (χ2n) is 6.25. The number of ketones is 1. The van der Waals surface area contributed by atoms with Gasteiger partial charge in [-0.1, -0.05) is 18.2 Å². The number of anilines is 1. The van der Waals surface area contributed by atoms with Crippen molar-refractivity contribution in [2.24, 2.45) is 0 Å². The van der Waals surface area contributed by atoms with Crippen LogP contribution in [0.25, 0.3) is 11.1 Å². The second kappa shape index (κ2) is 7.08. The molecule has 138 valence electrons. The fourth-order valence-electron chi connectivity index (χ4n) is 2.95. The number of aryl methyl sites for hydroxylation is 1. The minimum Gasteiger partial charge on any atom is -0.441 e. The highest BCUT2D eigenvalue weighted by molar-refractivity contribution is 6.17. The van der Waals surface area contributed by atoms with Gasteiger partial charge in [0, 0.05) is 23.7 Å². The molecule has 0 spiro atoms. The smallest absolute Gasteiger partial charge is 0.256 e. The zero-order valence-corrected chi connectivity index (χ0v) is 14.9. The quantitative estimate of drug-likeness (QED) is 0.523. The fraction of sp³-hybridized carbons (Fsp3) is 0.0455. The van der Waals surface area contributed by atoms with Gasteiger partial charge in [-0.05, 0) is 48.5 Å². The van der Waals surface area contributed by atoms with Crippen LogP contribution in [-0.4, -0.2) is 16.7 Å². The number of oxazole rings is 1. The van der Waals surface area contributed by atoms with Gasteiger partial charge in [0.05, 0.1) is 5.56 Å². The number of nitrogens with one attached hydrogen (secondary N) is 1. The van der Waals surface area contributed by atoms with E-state index in [0.717, 1.165) is 0 Å². The molecule has 0 unspecified atom stereocenters. The molecule has 0 radical (unpaired) electrons. The number of aromatic nitrogens is 1. The van der Waals surface area contributed by atoms with Gasteiger partial charge in [-0.25, -0.2) is 9.37 Å². The van der Waals surface area contributed by atoms with Gasteiger partial charge in [0.2, 0.25) is 0 Å². The van der Waals surface area contributed by atoms with Crippen LogP contribution >= 0.6 is 0 Å². The zero-order chi connectivity index (χ0) is 19.7. The van der Waals surface area contributed by atoms with Gasteiger partial charge in [0.15, 0.2) is 17.3 Å². The molecule has 0 aliphatic rings. The van der Waals surface area contributed by atoms with Gasteiger partial charge in [-0.3, -0.25) is 9.59 Å². The number of carbonyl (C=O) groups excluding carboxylic acids is 2. The number of rotatable bonds is 4. The molecule has 0 aliphatic heterocycles. The summed E-state index contributed by atoms with van der Waals surface area (Å²) in [7, 11) is 0. The third-order valence-corrected chi connectivity index (χ3v) is 4.28. The van der Waals surface area contributed by atoms with Crippen LogP contribution in [-0.2, 0) is 0 Å². The molecule has 3 aromatic carbocycles.